The maximum absolute atomic E-state index is 11.0. The molecule has 2 N–H and O–H groups in total. The predicted octanol–water partition coefficient (Wildman–Crippen LogP) is 2.69. The van der Waals surface area contributed by atoms with Gasteiger partial charge < -0.3 is 29.2 Å². The minimum absolute atomic E-state index is 0.0554. The maximum atomic E-state index is 11.0. The molecule has 1 saturated heterocycles. The van der Waals surface area contributed by atoms with Gasteiger partial charge in [0.05, 0.1) is 45.3 Å². The molecule has 3 heterocycles. The highest BCUT2D eigenvalue weighted by molar-refractivity contribution is 9.10. The molecule has 0 saturated carbocycles. The number of aromatic nitrogens is 6. The lowest BCUT2D eigenvalue weighted by atomic mass is 9.98. The molecule has 0 radical (unpaired) electrons. The molecule has 1 fully saturated rings. The number of aliphatic hydroxyl groups is 2. The van der Waals surface area contributed by atoms with Crippen molar-refractivity contribution in [3.63, 3.8) is 0 Å². The molecule has 1 aliphatic heterocycles. The van der Waals surface area contributed by atoms with E-state index in [1.807, 2.05) is 48.5 Å². The number of rotatable bonds is 12. The van der Waals surface area contributed by atoms with Crippen LogP contribution in [-0.2, 0) is 45.3 Å². The number of nitrogens with zero attached hydrogens (tertiary/aromatic N) is 6. The second-order valence-electron chi connectivity index (χ2n) is 9.57. The molecule has 2 aromatic heterocycles. The van der Waals surface area contributed by atoms with E-state index in [0.29, 0.717) is 24.5 Å². The van der Waals surface area contributed by atoms with Gasteiger partial charge in [-0.3, -0.25) is 0 Å². The van der Waals surface area contributed by atoms with E-state index in [9.17, 15) is 10.2 Å². The molecule has 0 spiro atoms. The monoisotopic (exact) mass is 692 g/mol. The van der Waals surface area contributed by atoms with Crippen LogP contribution in [0.1, 0.15) is 22.5 Å². The summed E-state index contributed by atoms with van der Waals surface area (Å²) in [5, 5.41) is 37.5. The van der Waals surface area contributed by atoms with E-state index in [1.54, 1.807) is 21.8 Å². The van der Waals surface area contributed by atoms with E-state index >= 15 is 0 Å². The smallest absolute Gasteiger partial charge is 0.186 e. The zero-order valence-corrected chi connectivity index (χ0v) is 25.3. The van der Waals surface area contributed by atoms with Crippen LogP contribution in [0.4, 0.5) is 0 Å². The Hall–Kier alpha value is -2.56. The van der Waals surface area contributed by atoms with Crippen LogP contribution in [0.5, 0.6) is 0 Å². The van der Waals surface area contributed by atoms with E-state index in [-0.39, 0.29) is 13.2 Å². The van der Waals surface area contributed by atoms with E-state index in [2.05, 4.69) is 52.5 Å². The molecule has 5 unspecified atom stereocenters. The van der Waals surface area contributed by atoms with Gasteiger partial charge in [-0.25, -0.2) is 9.36 Å². The largest absolute Gasteiger partial charge is 0.394 e. The van der Waals surface area contributed by atoms with Crippen LogP contribution in [0.2, 0.25) is 0 Å². The summed E-state index contributed by atoms with van der Waals surface area (Å²) in [7, 11) is 1.46. The Kier molecular flexibility index (Phi) is 10.3. The summed E-state index contributed by atoms with van der Waals surface area (Å²) in [6.45, 7) is 0.820. The molecule has 4 aromatic rings. The molecule has 1 aliphatic rings. The highest BCUT2D eigenvalue weighted by Crippen LogP contribution is 2.28. The second-order valence-corrected chi connectivity index (χ2v) is 11.4. The molecule has 0 amide bonds. The van der Waals surface area contributed by atoms with Crippen molar-refractivity contribution < 1.29 is 29.2 Å². The lowest BCUT2D eigenvalue weighted by Gasteiger charge is -2.43. The lowest BCUT2D eigenvalue weighted by Crippen LogP contribution is -2.60. The zero-order valence-electron chi connectivity index (χ0n) is 22.2. The first kappa shape index (κ1) is 29.9. The van der Waals surface area contributed by atoms with Gasteiger partial charge in [-0.1, -0.05) is 66.6 Å². The van der Waals surface area contributed by atoms with Crippen LogP contribution < -0.4 is 0 Å². The van der Waals surface area contributed by atoms with Gasteiger partial charge in [-0.15, -0.1) is 10.2 Å². The molecule has 218 valence electrons. The fourth-order valence-corrected chi connectivity index (χ4v) is 5.01. The van der Waals surface area contributed by atoms with E-state index in [1.165, 1.54) is 7.11 Å². The van der Waals surface area contributed by atoms with E-state index in [0.717, 1.165) is 20.1 Å². The molecule has 5 atom stereocenters. The normalized spacial score (nSPS) is 22.7. The van der Waals surface area contributed by atoms with Gasteiger partial charge in [0.1, 0.15) is 35.8 Å². The maximum Gasteiger partial charge on any atom is 0.186 e. The van der Waals surface area contributed by atoms with Crippen molar-refractivity contribution in [2.24, 2.45) is 0 Å². The van der Waals surface area contributed by atoms with Crippen LogP contribution in [-0.4, -0.2) is 84.6 Å². The Balaban J connectivity index is 1.23. The number of benzene rings is 2. The number of methoxy groups -OCH3 is 1. The summed E-state index contributed by atoms with van der Waals surface area (Å²) < 4.78 is 28.9. The number of aliphatic hydroxyl groups excluding tert-OH is 2. The number of halogens is 2. The van der Waals surface area contributed by atoms with Gasteiger partial charge in [0.2, 0.25) is 0 Å². The minimum atomic E-state index is -1.18. The van der Waals surface area contributed by atoms with Gasteiger partial charge >= 0.3 is 0 Å². The summed E-state index contributed by atoms with van der Waals surface area (Å²) in [5.74, 6) is 0. The van der Waals surface area contributed by atoms with Crippen molar-refractivity contribution in [1.29, 1.82) is 0 Å². The predicted molar refractivity (Wildman–Crippen MR) is 152 cm³/mol. The zero-order chi connectivity index (χ0) is 28.8. The van der Waals surface area contributed by atoms with Gasteiger partial charge in [-0.05, 0) is 35.4 Å². The molecule has 0 aliphatic carbocycles. The number of ether oxygens (including phenoxy) is 4. The van der Waals surface area contributed by atoms with Crippen LogP contribution in [0.25, 0.3) is 0 Å². The van der Waals surface area contributed by atoms with Crippen molar-refractivity contribution >= 4 is 31.9 Å². The van der Waals surface area contributed by atoms with E-state index in [4.69, 9.17) is 18.9 Å². The first-order chi connectivity index (χ1) is 19.9. The molecule has 12 nitrogen and oxygen atoms in total. The second kappa shape index (κ2) is 14.1. The van der Waals surface area contributed by atoms with Crippen molar-refractivity contribution in [1.82, 2.24) is 30.0 Å². The highest BCUT2D eigenvalue weighted by atomic mass is 79.9. The van der Waals surface area contributed by atoms with Crippen molar-refractivity contribution in [2.75, 3.05) is 13.7 Å². The lowest BCUT2D eigenvalue weighted by molar-refractivity contribution is -0.314. The van der Waals surface area contributed by atoms with Gasteiger partial charge in [-0.2, -0.15) is 0 Å². The molecular weight excluding hydrogens is 664 g/mol. The summed E-state index contributed by atoms with van der Waals surface area (Å²) >= 11 is 6.87. The molecule has 14 heteroatoms. The summed E-state index contributed by atoms with van der Waals surface area (Å²) in [5.41, 5.74) is 3.31. The van der Waals surface area contributed by atoms with Crippen molar-refractivity contribution in [2.45, 2.75) is 57.0 Å². The van der Waals surface area contributed by atoms with Gasteiger partial charge in [0.25, 0.3) is 0 Å². The third-order valence-corrected chi connectivity index (χ3v) is 7.62. The summed E-state index contributed by atoms with van der Waals surface area (Å²) in [6.07, 6.45) is -1.13. The van der Waals surface area contributed by atoms with Crippen LogP contribution in [0.3, 0.4) is 0 Å². The van der Waals surface area contributed by atoms with Crippen LogP contribution >= 0.6 is 31.9 Å². The fourth-order valence-electron chi connectivity index (χ4n) is 4.48. The Bertz CT molecular complexity index is 1390. The van der Waals surface area contributed by atoms with Gasteiger partial charge in [0, 0.05) is 16.1 Å². The first-order valence-electron chi connectivity index (χ1n) is 12.9. The SMILES string of the molecule is COC1OC(CO)C(O)C(OCc2cn(Cc3ccc(Br)cc3)nn2)C1OCc1cn(Cc2ccc(Br)cc2)nn1. The number of hydrogen-bond donors (Lipinski definition) is 2. The average molecular weight is 694 g/mol. The Morgan fingerprint density at radius 2 is 1.29 bits per heavy atom. The molecule has 41 heavy (non-hydrogen) atoms. The number of hydrogen-bond acceptors (Lipinski definition) is 10. The quantitative estimate of drug-likeness (QED) is 0.228. The molecule has 2 aromatic carbocycles. The highest BCUT2D eigenvalue weighted by Gasteiger charge is 2.47. The Morgan fingerprint density at radius 3 is 1.76 bits per heavy atom. The minimum Gasteiger partial charge on any atom is -0.394 e. The van der Waals surface area contributed by atoms with Crippen LogP contribution in [0, 0.1) is 0 Å². The molecule has 0 bridgehead atoms. The average Bonchev–Trinajstić information content (AvgIpc) is 3.63. The molecular formula is C27H30Br2N6O6. The van der Waals surface area contributed by atoms with E-state index < -0.39 is 37.3 Å². The summed E-state index contributed by atoms with van der Waals surface area (Å²) in [4.78, 5) is 0. The Labute approximate surface area is 253 Å². The topological polar surface area (TPSA) is 139 Å². The summed E-state index contributed by atoms with van der Waals surface area (Å²) in [6, 6.07) is 15.9. The fraction of sp³-hybridized carbons (Fsp3) is 0.407. The van der Waals surface area contributed by atoms with Crippen LogP contribution in [0.15, 0.2) is 69.9 Å². The Morgan fingerprint density at radius 1 is 0.805 bits per heavy atom. The standard InChI is InChI=1S/C27H30Br2N6O6/c1-38-27-26(40-16-22-13-35(33-31-22)11-18-4-8-20(29)9-5-18)25(24(37)23(14-36)41-27)39-15-21-12-34(32-30-21)10-17-2-6-19(28)7-3-17/h2-9,12-13,23-27,36-37H,10-11,14-16H2,1H3. The first-order valence-corrected chi connectivity index (χ1v) is 14.5. The van der Waals surface area contributed by atoms with Gasteiger partial charge in [0.15, 0.2) is 6.29 Å². The van der Waals surface area contributed by atoms with Crippen molar-refractivity contribution in [3.05, 3.63) is 92.4 Å². The van der Waals surface area contributed by atoms with Crippen molar-refractivity contribution in [3.8, 4) is 0 Å². The third-order valence-electron chi connectivity index (χ3n) is 6.57. The third kappa shape index (κ3) is 7.84. The molecule has 5 rings (SSSR count).